The van der Waals surface area contributed by atoms with Crippen LogP contribution >= 0.6 is 43.2 Å². The maximum Gasteiger partial charge on any atom is 0.0847 e. The molecule has 2 rings (SSSR count). The minimum atomic E-state index is 0.384. The molecule has 15 heavy (non-hydrogen) atoms. The molecule has 0 bridgehead atoms. The van der Waals surface area contributed by atoms with Crippen LogP contribution in [0.15, 0.2) is 26.6 Å². The van der Waals surface area contributed by atoms with E-state index >= 15 is 0 Å². The quantitative estimate of drug-likeness (QED) is 0.767. The first kappa shape index (κ1) is 11.4. The highest BCUT2D eigenvalue weighted by Crippen LogP contribution is 2.38. The zero-order valence-corrected chi connectivity index (χ0v) is 12.4. The van der Waals surface area contributed by atoms with E-state index in [9.17, 15) is 0 Å². The second-order valence-electron chi connectivity index (χ2n) is 3.49. The molecule has 2 nitrogen and oxygen atoms in total. The third-order valence-electron chi connectivity index (χ3n) is 2.06. The summed E-state index contributed by atoms with van der Waals surface area (Å²) >= 11 is 8.71. The molecule has 5 heteroatoms. The van der Waals surface area contributed by atoms with Crippen LogP contribution in [0.4, 0.5) is 0 Å². The van der Waals surface area contributed by atoms with Crippen molar-refractivity contribution in [2.45, 2.75) is 19.9 Å². The fraction of sp³-hybridized carbons (Fsp3) is 0.300. The number of rotatable bonds is 2. The molecular weight excluding hydrogens is 340 g/mol. The van der Waals surface area contributed by atoms with Gasteiger partial charge in [-0.15, -0.1) is 11.3 Å². The highest BCUT2D eigenvalue weighted by molar-refractivity contribution is 9.13. The molecule has 80 valence electrons. The molecule has 0 aliphatic carbocycles. The number of thiophene rings is 1. The van der Waals surface area contributed by atoms with E-state index in [1.807, 2.05) is 16.9 Å². The fourth-order valence-corrected chi connectivity index (χ4v) is 3.45. The molecule has 0 saturated heterocycles. The Labute approximate surface area is 110 Å². The lowest BCUT2D eigenvalue weighted by Crippen LogP contribution is -2.03. The Kier molecular flexibility index (Phi) is 3.33. The third-order valence-corrected chi connectivity index (χ3v) is 5.34. The molecule has 0 aliphatic rings. The second-order valence-corrected chi connectivity index (χ2v) is 6.71. The Hall–Kier alpha value is -0.130. The lowest BCUT2D eigenvalue weighted by Gasteiger charge is -2.08. The predicted molar refractivity (Wildman–Crippen MR) is 71.3 cm³/mol. The topological polar surface area (TPSA) is 17.8 Å². The number of hydrogen-bond donors (Lipinski definition) is 0. The molecule has 0 N–H and O–H groups in total. The van der Waals surface area contributed by atoms with Gasteiger partial charge in [-0.2, -0.15) is 5.10 Å². The molecule has 0 amide bonds. The van der Waals surface area contributed by atoms with Crippen LogP contribution in [0.25, 0.3) is 10.6 Å². The Morgan fingerprint density at radius 2 is 2.13 bits per heavy atom. The molecule has 2 aromatic heterocycles. The molecule has 0 spiro atoms. The van der Waals surface area contributed by atoms with Crippen molar-refractivity contribution in [3.63, 3.8) is 0 Å². The van der Waals surface area contributed by atoms with E-state index in [1.165, 1.54) is 10.6 Å². The fourth-order valence-electron chi connectivity index (χ4n) is 1.39. The molecule has 0 saturated carbocycles. The summed E-state index contributed by atoms with van der Waals surface area (Å²) < 4.78 is 4.25. The SMILES string of the molecule is CC(C)n1nccc1-c1cc(Br)c(Br)s1. The first-order chi connectivity index (χ1) is 7.09. The van der Waals surface area contributed by atoms with Crippen LogP contribution in [-0.2, 0) is 0 Å². The van der Waals surface area contributed by atoms with E-state index in [4.69, 9.17) is 0 Å². The zero-order valence-electron chi connectivity index (χ0n) is 8.37. The van der Waals surface area contributed by atoms with Crippen LogP contribution in [0.3, 0.4) is 0 Å². The van der Waals surface area contributed by atoms with Gasteiger partial charge in [-0.3, -0.25) is 4.68 Å². The van der Waals surface area contributed by atoms with Gasteiger partial charge in [0.15, 0.2) is 0 Å². The van der Waals surface area contributed by atoms with E-state index in [0.29, 0.717) is 6.04 Å². The van der Waals surface area contributed by atoms with Crippen molar-refractivity contribution in [3.8, 4) is 10.6 Å². The third kappa shape index (κ3) is 2.19. The highest BCUT2D eigenvalue weighted by Gasteiger charge is 2.12. The van der Waals surface area contributed by atoms with Crippen molar-refractivity contribution >= 4 is 43.2 Å². The number of aromatic nitrogens is 2. The van der Waals surface area contributed by atoms with E-state index < -0.39 is 0 Å². The standard InChI is InChI=1S/C10H10Br2N2S/c1-6(2)14-8(3-4-13-14)9-5-7(11)10(12)15-9/h3-6H,1-2H3. The van der Waals surface area contributed by atoms with Crippen molar-refractivity contribution in [1.29, 1.82) is 0 Å². The molecule has 0 radical (unpaired) electrons. The summed E-state index contributed by atoms with van der Waals surface area (Å²) in [5, 5.41) is 4.32. The summed E-state index contributed by atoms with van der Waals surface area (Å²) in [6.45, 7) is 4.27. The first-order valence-electron chi connectivity index (χ1n) is 4.58. The number of halogens is 2. The van der Waals surface area contributed by atoms with Crippen LogP contribution in [-0.4, -0.2) is 9.78 Å². The molecule has 0 atom stereocenters. The van der Waals surface area contributed by atoms with E-state index in [0.717, 1.165) is 8.26 Å². The summed E-state index contributed by atoms with van der Waals surface area (Å²) in [7, 11) is 0. The minimum absolute atomic E-state index is 0.384. The van der Waals surface area contributed by atoms with Crippen molar-refractivity contribution in [3.05, 3.63) is 26.6 Å². The molecule has 0 fully saturated rings. The Morgan fingerprint density at radius 3 is 2.67 bits per heavy atom. The molecular formula is C10H10Br2N2S. The van der Waals surface area contributed by atoms with E-state index in [-0.39, 0.29) is 0 Å². The molecule has 0 unspecified atom stereocenters. The van der Waals surface area contributed by atoms with Gasteiger partial charge in [-0.25, -0.2) is 0 Å². The summed E-state index contributed by atoms with van der Waals surface area (Å²) in [6, 6.07) is 4.55. The number of nitrogens with zero attached hydrogens (tertiary/aromatic N) is 2. The smallest absolute Gasteiger partial charge is 0.0847 e. The summed E-state index contributed by atoms with van der Waals surface area (Å²) in [5.41, 5.74) is 1.17. The highest BCUT2D eigenvalue weighted by atomic mass is 79.9. The summed E-state index contributed by atoms with van der Waals surface area (Å²) in [6.07, 6.45) is 1.84. The van der Waals surface area contributed by atoms with Gasteiger partial charge in [0.25, 0.3) is 0 Å². The molecule has 2 aromatic rings. The Bertz CT molecular complexity index is 454. The zero-order chi connectivity index (χ0) is 11.0. The van der Waals surface area contributed by atoms with Crippen LogP contribution in [0.5, 0.6) is 0 Å². The lowest BCUT2D eigenvalue weighted by atomic mass is 10.3. The maximum absolute atomic E-state index is 4.32. The van der Waals surface area contributed by atoms with Crippen LogP contribution in [0.2, 0.25) is 0 Å². The van der Waals surface area contributed by atoms with Crippen LogP contribution in [0.1, 0.15) is 19.9 Å². The van der Waals surface area contributed by atoms with Crippen molar-refractivity contribution < 1.29 is 0 Å². The van der Waals surface area contributed by atoms with Gasteiger partial charge in [0.2, 0.25) is 0 Å². The normalized spacial score (nSPS) is 11.3. The molecule has 0 aromatic carbocycles. The van der Waals surface area contributed by atoms with Crippen molar-refractivity contribution in [2.75, 3.05) is 0 Å². The van der Waals surface area contributed by atoms with Gasteiger partial charge < -0.3 is 0 Å². The second kappa shape index (κ2) is 4.39. The van der Waals surface area contributed by atoms with Gasteiger partial charge in [-0.05, 0) is 57.8 Å². The Balaban J connectivity index is 2.49. The monoisotopic (exact) mass is 348 g/mol. The van der Waals surface area contributed by atoms with Crippen LogP contribution in [0, 0.1) is 0 Å². The molecule has 0 aliphatic heterocycles. The van der Waals surface area contributed by atoms with Crippen molar-refractivity contribution in [1.82, 2.24) is 9.78 Å². The number of hydrogen-bond acceptors (Lipinski definition) is 2. The predicted octanol–water partition coefficient (Wildman–Crippen LogP) is 4.72. The minimum Gasteiger partial charge on any atom is -0.262 e. The summed E-state index contributed by atoms with van der Waals surface area (Å²) in [5.74, 6) is 0. The average molecular weight is 350 g/mol. The van der Waals surface area contributed by atoms with Gasteiger partial charge >= 0.3 is 0 Å². The van der Waals surface area contributed by atoms with Crippen LogP contribution < -0.4 is 0 Å². The van der Waals surface area contributed by atoms with E-state index in [1.54, 1.807) is 11.3 Å². The van der Waals surface area contributed by atoms with E-state index in [2.05, 4.69) is 56.9 Å². The van der Waals surface area contributed by atoms with Crippen molar-refractivity contribution in [2.24, 2.45) is 0 Å². The van der Waals surface area contributed by atoms with Gasteiger partial charge in [0.1, 0.15) is 0 Å². The van der Waals surface area contributed by atoms with Gasteiger partial charge in [-0.1, -0.05) is 0 Å². The largest absolute Gasteiger partial charge is 0.262 e. The average Bonchev–Trinajstić information content (AvgIpc) is 2.73. The first-order valence-corrected chi connectivity index (χ1v) is 6.98. The molecule has 2 heterocycles. The summed E-state index contributed by atoms with van der Waals surface area (Å²) in [4.78, 5) is 1.22. The maximum atomic E-state index is 4.32. The van der Waals surface area contributed by atoms with Gasteiger partial charge in [0, 0.05) is 16.7 Å². The Morgan fingerprint density at radius 1 is 1.40 bits per heavy atom. The lowest BCUT2D eigenvalue weighted by molar-refractivity contribution is 0.539. The van der Waals surface area contributed by atoms with Gasteiger partial charge in [0.05, 0.1) is 14.4 Å².